The van der Waals surface area contributed by atoms with E-state index in [2.05, 4.69) is 30.9 Å². The van der Waals surface area contributed by atoms with Crippen LogP contribution in [-0.4, -0.2) is 35.7 Å². The SMILES string of the molecule is CC(C)CCOc1ccc(CN2CCCC(C(=O)O)C2)cc1. The van der Waals surface area contributed by atoms with E-state index >= 15 is 0 Å². The van der Waals surface area contributed by atoms with Gasteiger partial charge in [-0.25, -0.2) is 0 Å². The van der Waals surface area contributed by atoms with E-state index in [-0.39, 0.29) is 5.92 Å². The summed E-state index contributed by atoms with van der Waals surface area (Å²) in [6, 6.07) is 8.17. The van der Waals surface area contributed by atoms with Crippen molar-refractivity contribution in [2.24, 2.45) is 11.8 Å². The zero-order valence-corrected chi connectivity index (χ0v) is 13.6. The highest BCUT2D eigenvalue weighted by atomic mass is 16.5. The number of ether oxygens (including phenoxy) is 1. The summed E-state index contributed by atoms with van der Waals surface area (Å²) in [7, 11) is 0. The monoisotopic (exact) mass is 305 g/mol. The van der Waals surface area contributed by atoms with Gasteiger partial charge in [0.05, 0.1) is 12.5 Å². The van der Waals surface area contributed by atoms with Crippen molar-refractivity contribution >= 4 is 5.97 Å². The summed E-state index contributed by atoms with van der Waals surface area (Å²) in [5, 5.41) is 9.14. The fraction of sp³-hybridized carbons (Fsp3) is 0.611. The summed E-state index contributed by atoms with van der Waals surface area (Å²) in [6.45, 7) is 7.59. The Kier molecular flexibility index (Phi) is 6.25. The molecule has 4 heteroatoms. The lowest BCUT2D eigenvalue weighted by molar-refractivity contribution is -0.143. The number of carboxylic acids is 1. The predicted octanol–water partition coefficient (Wildman–Crippen LogP) is 3.41. The van der Waals surface area contributed by atoms with Gasteiger partial charge >= 0.3 is 5.97 Å². The Labute approximate surface area is 133 Å². The van der Waals surface area contributed by atoms with Gasteiger partial charge in [-0.05, 0) is 49.4 Å². The van der Waals surface area contributed by atoms with E-state index in [1.165, 1.54) is 5.56 Å². The molecule has 1 aromatic rings. The van der Waals surface area contributed by atoms with E-state index in [9.17, 15) is 4.79 Å². The van der Waals surface area contributed by atoms with E-state index in [4.69, 9.17) is 9.84 Å². The topological polar surface area (TPSA) is 49.8 Å². The molecule has 0 aliphatic carbocycles. The summed E-state index contributed by atoms with van der Waals surface area (Å²) >= 11 is 0. The van der Waals surface area contributed by atoms with Crippen LogP contribution in [0.4, 0.5) is 0 Å². The zero-order chi connectivity index (χ0) is 15.9. The molecule has 0 aromatic heterocycles. The van der Waals surface area contributed by atoms with Crippen LogP contribution in [0.25, 0.3) is 0 Å². The third-order valence-corrected chi connectivity index (χ3v) is 4.15. The molecule has 1 atom stereocenters. The summed E-state index contributed by atoms with van der Waals surface area (Å²) in [5.41, 5.74) is 1.21. The molecule has 0 saturated carbocycles. The lowest BCUT2D eigenvalue weighted by Crippen LogP contribution is -2.38. The average Bonchev–Trinajstić information content (AvgIpc) is 2.49. The van der Waals surface area contributed by atoms with E-state index in [1.54, 1.807) is 0 Å². The van der Waals surface area contributed by atoms with Crippen LogP contribution in [0.1, 0.15) is 38.7 Å². The van der Waals surface area contributed by atoms with Crippen molar-refractivity contribution in [1.29, 1.82) is 0 Å². The van der Waals surface area contributed by atoms with Gasteiger partial charge in [0, 0.05) is 13.1 Å². The highest BCUT2D eigenvalue weighted by Crippen LogP contribution is 2.20. The molecule has 0 radical (unpaired) electrons. The molecule has 1 unspecified atom stereocenters. The number of hydrogen-bond donors (Lipinski definition) is 1. The van der Waals surface area contributed by atoms with Gasteiger partial charge in [0.25, 0.3) is 0 Å². The largest absolute Gasteiger partial charge is 0.494 e. The maximum Gasteiger partial charge on any atom is 0.307 e. The third-order valence-electron chi connectivity index (χ3n) is 4.15. The van der Waals surface area contributed by atoms with E-state index in [0.29, 0.717) is 12.5 Å². The fourth-order valence-corrected chi connectivity index (χ4v) is 2.76. The molecule has 1 aliphatic heterocycles. The van der Waals surface area contributed by atoms with Crippen LogP contribution in [0, 0.1) is 11.8 Å². The second-order valence-corrected chi connectivity index (χ2v) is 6.59. The first-order chi connectivity index (χ1) is 10.5. The minimum atomic E-state index is -0.668. The van der Waals surface area contributed by atoms with Crippen LogP contribution in [-0.2, 0) is 11.3 Å². The Morgan fingerprint density at radius 1 is 1.36 bits per heavy atom. The van der Waals surface area contributed by atoms with Crippen LogP contribution >= 0.6 is 0 Å². The highest BCUT2D eigenvalue weighted by Gasteiger charge is 2.25. The first-order valence-corrected chi connectivity index (χ1v) is 8.21. The van der Waals surface area contributed by atoms with Gasteiger partial charge in [0.1, 0.15) is 5.75 Å². The molecule has 1 heterocycles. The Morgan fingerprint density at radius 2 is 2.09 bits per heavy atom. The summed E-state index contributed by atoms with van der Waals surface area (Å²) in [6.07, 6.45) is 2.83. The Hall–Kier alpha value is -1.55. The number of carboxylic acid groups (broad SMARTS) is 1. The van der Waals surface area contributed by atoms with Crippen molar-refractivity contribution in [1.82, 2.24) is 4.90 Å². The summed E-state index contributed by atoms with van der Waals surface area (Å²) in [5.74, 6) is 0.679. The summed E-state index contributed by atoms with van der Waals surface area (Å²) in [4.78, 5) is 13.3. The molecule has 0 bridgehead atoms. The Morgan fingerprint density at radius 3 is 2.73 bits per heavy atom. The zero-order valence-electron chi connectivity index (χ0n) is 13.6. The number of likely N-dealkylation sites (tertiary alicyclic amines) is 1. The lowest BCUT2D eigenvalue weighted by atomic mass is 9.98. The van der Waals surface area contributed by atoms with Crippen LogP contribution in [0.2, 0.25) is 0 Å². The smallest absolute Gasteiger partial charge is 0.307 e. The first kappa shape index (κ1) is 16.8. The van der Waals surface area contributed by atoms with Crippen molar-refractivity contribution in [2.45, 2.75) is 39.7 Å². The van der Waals surface area contributed by atoms with Gasteiger partial charge in [0.15, 0.2) is 0 Å². The number of rotatable bonds is 7. The second-order valence-electron chi connectivity index (χ2n) is 6.59. The molecule has 0 amide bonds. The molecule has 1 fully saturated rings. The van der Waals surface area contributed by atoms with Crippen molar-refractivity contribution in [3.8, 4) is 5.75 Å². The molecule has 4 nitrogen and oxygen atoms in total. The minimum Gasteiger partial charge on any atom is -0.494 e. The molecule has 0 spiro atoms. The molecule has 2 rings (SSSR count). The predicted molar refractivity (Wildman–Crippen MR) is 87.0 cm³/mol. The van der Waals surface area contributed by atoms with Crippen molar-refractivity contribution in [3.63, 3.8) is 0 Å². The number of aliphatic carboxylic acids is 1. The van der Waals surface area contributed by atoms with Gasteiger partial charge < -0.3 is 9.84 Å². The number of nitrogens with zero attached hydrogens (tertiary/aromatic N) is 1. The standard InChI is InChI=1S/C18H27NO3/c1-14(2)9-11-22-17-7-5-15(6-8-17)12-19-10-3-4-16(13-19)18(20)21/h5-8,14,16H,3-4,9-13H2,1-2H3,(H,20,21). The normalized spacial score (nSPS) is 19.3. The Balaban J connectivity index is 1.82. The Bertz CT molecular complexity index is 470. The maximum atomic E-state index is 11.1. The van der Waals surface area contributed by atoms with E-state index in [1.807, 2.05) is 12.1 Å². The first-order valence-electron chi connectivity index (χ1n) is 8.21. The molecule has 1 N–H and O–H groups in total. The summed E-state index contributed by atoms with van der Waals surface area (Å²) < 4.78 is 5.72. The molecule has 122 valence electrons. The molecular formula is C18H27NO3. The molecule has 22 heavy (non-hydrogen) atoms. The van der Waals surface area contributed by atoms with E-state index in [0.717, 1.165) is 44.7 Å². The van der Waals surface area contributed by atoms with E-state index < -0.39 is 5.97 Å². The number of hydrogen-bond acceptors (Lipinski definition) is 3. The molecular weight excluding hydrogens is 278 g/mol. The van der Waals surface area contributed by atoms with Crippen molar-refractivity contribution in [3.05, 3.63) is 29.8 Å². The third kappa shape index (κ3) is 5.34. The highest BCUT2D eigenvalue weighted by molar-refractivity contribution is 5.70. The minimum absolute atomic E-state index is 0.215. The number of benzene rings is 1. The van der Waals surface area contributed by atoms with Crippen LogP contribution in [0.3, 0.4) is 0 Å². The van der Waals surface area contributed by atoms with Crippen LogP contribution in [0.5, 0.6) is 5.75 Å². The second kappa shape index (κ2) is 8.18. The lowest BCUT2D eigenvalue weighted by Gasteiger charge is -2.30. The number of piperidine rings is 1. The van der Waals surface area contributed by atoms with Gasteiger partial charge in [-0.2, -0.15) is 0 Å². The van der Waals surface area contributed by atoms with Crippen molar-refractivity contribution < 1.29 is 14.6 Å². The van der Waals surface area contributed by atoms with Crippen molar-refractivity contribution in [2.75, 3.05) is 19.7 Å². The quantitative estimate of drug-likeness (QED) is 0.838. The molecule has 1 aliphatic rings. The maximum absolute atomic E-state index is 11.1. The van der Waals surface area contributed by atoms with Gasteiger partial charge in [-0.3, -0.25) is 9.69 Å². The molecule has 1 saturated heterocycles. The fourth-order valence-electron chi connectivity index (χ4n) is 2.76. The van der Waals surface area contributed by atoms with Gasteiger partial charge in [0.2, 0.25) is 0 Å². The van der Waals surface area contributed by atoms with Crippen LogP contribution in [0.15, 0.2) is 24.3 Å². The van der Waals surface area contributed by atoms with Gasteiger partial charge in [-0.1, -0.05) is 26.0 Å². The molecule has 1 aromatic carbocycles. The number of carbonyl (C=O) groups is 1. The average molecular weight is 305 g/mol. The van der Waals surface area contributed by atoms with Crippen LogP contribution < -0.4 is 4.74 Å². The van der Waals surface area contributed by atoms with Gasteiger partial charge in [-0.15, -0.1) is 0 Å².